The molecular weight excluding hydrogens is 315 g/mol. The Morgan fingerprint density at radius 1 is 1.28 bits per heavy atom. The Morgan fingerprint density at radius 3 is 2.48 bits per heavy atom. The average molecular weight is 349 g/mol. The second-order valence-electron chi connectivity index (χ2n) is 8.33. The minimum atomic E-state index is -0.220. The SMILES string of the molecule is C=C(NC1CCC(CN(C)c2ccc(C)cc2F)CC1)OC(C)(C)C. The maximum atomic E-state index is 14.1. The lowest BCUT2D eigenvalue weighted by atomic mass is 9.85. The minimum Gasteiger partial charge on any atom is -0.474 e. The molecule has 2 rings (SSSR count). The monoisotopic (exact) mass is 348 g/mol. The molecule has 0 saturated heterocycles. The van der Waals surface area contributed by atoms with E-state index in [1.165, 1.54) is 0 Å². The lowest BCUT2D eigenvalue weighted by Crippen LogP contribution is -2.37. The van der Waals surface area contributed by atoms with Gasteiger partial charge in [0.1, 0.15) is 11.4 Å². The molecule has 1 aliphatic carbocycles. The molecule has 25 heavy (non-hydrogen) atoms. The second kappa shape index (κ2) is 8.11. The molecule has 1 fully saturated rings. The fraction of sp³-hybridized carbons (Fsp3) is 0.619. The van der Waals surface area contributed by atoms with E-state index >= 15 is 0 Å². The van der Waals surface area contributed by atoms with Gasteiger partial charge in [-0.25, -0.2) is 4.39 Å². The summed E-state index contributed by atoms with van der Waals surface area (Å²) in [4.78, 5) is 2.05. The fourth-order valence-corrected chi connectivity index (χ4v) is 3.52. The van der Waals surface area contributed by atoms with Crippen LogP contribution in [0.2, 0.25) is 0 Å². The lowest BCUT2D eigenvalue weighted by Gasteiger charge is -2.34. The molecule has 0 atom stereocenters. The van der Waals surface area contributed by atoms with Crippen LogP contribution in [0, 0.1) is 18.7 Å². The van der Waals surface area contributed by atoms with Gasteiger partial charge in [0.05, 0.1) is 5.69 Å². The Kier molecular flexibility index (Phi) is 6.36. The van der Waals surface area contributed by atoms with Crippen molar-refractivity contribution in [1.82, 2.24) is 5.32 Å². The van der Waals surface area contributed by atoms with Crippen molar-refractivity contribution in [3.63, 3.8) is 0 Å². The molecule has 1 aromatic carbocycles. The van der Waals surface area contributed by atoms with Gasteiger partial charge >= 0.3 is 0 Å². The molecule has 4 heteroatoms. The smallest absolute Gasteiger partial charge is 0.180 e. The van der Waals surface area contributed by atoms with E-state index in [-0.39, 0.29) is 11.4 Å². The third-order valence-corrected chi connectivity index (χ3v) is 4.69. The molecule has 1 aromatic rings. The zero-order chi connectivity index (χ0) is 18.6. The van der Waals surface area contributed by atoms with Crippen LogP contribution in [0.3, 0.4) is 0 Å². The summed E-state index contributed by atoms with van der Waals surface area (Å²) in [5.74, 6) is 1.13. The van der Waals surface area contributed by atoms with Crippen LogP contribution in [-0.4, -0.2) is 25.2 Å². The highest BCUT2D eigenvalue weighted by Crippen LogP contribution is 2.28. The van der Waals surface area contributed by atoms with Gasteiger partial charge in [-0.2, -0.15) is 0 Å². The molecule has 0 spiro atoms. The van der Waals surface area contributed by atoms with Gasteiger partial charge in [-0.3, -0.25) is 0 Å². The molecular formula is C21H33FN2O. The maximum absolute atomic E-state index is 14.1. The number of aryl methyl sites for hydroxylation is 1. The summed E-state index contributed by atoms with van der Waals surface area (Å²) < 4.78 is 19.9. The fourth-order valence-electron chi connectivity index (χ4n) is 3.52. The summed E-state index contributed by atoms with van der Waals surface area (Å²) in [6, 6.07) is 5.88. The van der Waals surface area contributed by atoms with Crippen LogP contribution < -0.4 is 10.2 Å². The Morgan fingerprint density at radius 2 is 1.92 bits per heavy atom. The van der Waals surface area contributed by atoms with Crippen LogP contribution in [0.5, 0.6) is 0 Å². The Balaban J connectivity index is 1.79. The first-order chi connectivity index (χ1) is 11.6. The largest absolute Gasteiger partial charge is 0.474 e. The summed E-state index contributed by atoms with van der Waals surface area (Å²) in [6.07, 6.45) is 4.47. The van der Waals surface area contributed by atoms with Gasteiger partial charge in [0.2, 0.25) is 0 Å². The lowest BCUT2D eigenvalue weighted by molar-refractivity contribution is 0.0363. The van der Waals surface area contributed by atoms with E-state index in [1.807, 2.05) is 46.9 Å². The van der Waals surface area contributed by atoms with Crippen molar-refractivity contribution in [2.45, 2.75) is 65.0 Å². The molecule has 3 nitrogen and oxygen atoms in total. The van der Waals surface area contributed by atoms with E-state index in [1.54, 1.807) is 6.07 Å². The summed E-state index contributed by atoms with van der Waals surface area (Å²) in [5, 5.41) is 3.41. The number of hydrogen-bond acceptors (Lipinski definition) is 3. The topological polar surface area (TPSA) is 24.5 Å². The summed E-state index contributed by atoms with van der Waals surface area (Å²) in [6.45, 7) is 12.9. The van der Waals surface area contributed by atoms with Crippen molar-refractivity contribution in [2.75, 3.05) is 18.5 Å². The number of rotatable bonds is 6. The second-order valence-corrected chi connectivity index (χ2v) is 8.33. The van der Waals surface area contributed by atoms with Gasteiger partial charge in [0, 0.05) is 19.6 Å². The summed E-state index contributed by atoms with van der Waals surface area (Å²) in [7, 11) is 1.98. The van der Waals surface area contributed by atoms with Gasteiger partial charge in [-0.05, 0) is 83.6 Å². The van der Waals surface area contributed by atoms with Crippen molar-refractivity contribution in [3.8, 4) is 0 Å². The van der Waals surface area contributed by atoms with Gasteiger partial charge in [-0.15, -0.1) is 0 Å². The van der Waals surface area contributed by atoms with Crippen LogP contribution in [0.4, 0.5) is 10.1 Å². The molecule has 0 unspecified atom stereocenters. The summed E-state index contributed by atoms with van der Waals surface area (Å²) in [5.41, 5.74) is 1.43. The third kappa shape index (κ3) is 6.26. The maximum Gasteiger partial charge on any atom is 0.180 e. The van der Waals surface area contributed by atoms with Crippen molar-refractivity contribution < 1.29 is 9.13 Å². The van der Waals surface area contributed by atoms with Crippen molar-refractivity contribution in [2.24, 2.45) is 5.92 Å². The molecule has 1 aliphatic rings. The molecule has 1 N–H and O–H groups in total. The van der Waals surface area contributed by atoms with Crippen molar-refractivity contribution in [3.05, 3.63) is 42.0 Å². The molecule has 0 radical (unpaired) electrons. The van der Waals surface area contributed by atoms with Gasteiger partial charge < -0.3 is 15.0 Å². The first-order valence-electron chi connectivity index (χ1n) is 9.26. The predicted octanol–water partition coefficient (Wildman–Crippen LogP) is 5.01. The zero-order valence-corrected chi connectivity index (χ0v) is 16.4. The number of halogens is 1. The number of hydrogen-bond donors (Lipinski definition) is 1. The van der Waals surface area contributed by atoms with Gasteiger partial charge in [-0.1, -0.05) is 6.07 Å². The van der Waals surface area contributed by atoms with Crippen LogP contribution in [0.25, 0.3) is 0 Å². The molecule has 1 saturated carbocycles. The quantitative estimate of drug-likeness (QED) is 0.732. The molecule has 140 valence electrons. The number of nitrogens with one attached hydrogen (secondary N) is 1. The van der Waals surface area contributed by atoms with E-state index < -0.39 is 0 Å². The van der Waals surface area contributed by atoms with Crippen LogP contribution >= 0.6 is 0 Å². The average Bonchev–Trinajstić information content (AvgIpc) is 2.47. The first kappa shape index (κ1) is 19.6. The highest BCUT2D eigenvalue weighted by molar-refractivity contribution is 5.48. The van der Waals surface area contributed by atoms with E-state index in [0.29, 0.717) is 23.5 Å². The number of ether oxygens (including phenoxy) is 1. The first-order valence-corrected chi connectivity index (χ1v) is 9.26. The highest BCUT2D eigenvalue weighted by Gasteiger charge is 2.24. The number of nitrogens with zero attached hydrogens (tertiary/aromatic N) is 1. The normalized spacial score (nSPS) is 20.9. The third-order valence-electron chi connectivity index (χ3n) is 4.69. The van der Waals surface area contributed by atoms with Crippen molar-refractivity contribution >= 4 is 5.69 Å². The van der Waals surface area contributed by atoms with Gasteiger partial charge in [0.15, 0.2) is 5.88 Å². The predicted molar refractivity (Wildman–Crippen MR) is 103 cm³/mol. The van der Waals surface area contributed by atoms with E-state index in [9.17, 15) is 4.39 Å². The van der Waals surface area contributed by atoms with Gasteiger partial charge in [0.25, 0.3) is 0 Å². The molecule has 0 aliphatic heterocycles. The van der Waals surface area contributed by atoms with E-state index in [0.717, 1.165) is 37.8 Å². The molecule has 0 heterocycles. The van der Waals surface area contributed by atoms with E-state index in [2.05, 4.69) is 16.8 Å². The van der Waals surface area contributed by atoms with E-state index in [4.69, 9.17) is 4.74 Å². The number of anilines is 1. The van der Waals surface area contributed by atoms with Crippen LogP contribution in [-0.2, 0) is 4.74 Å². The highest BCUT2D eigenvalue weighted by atomic mass is 19.1. The Labute approximate surface area is 152 Å². The van der Waals surface area contributed by atoms with Crippen LogP contribution in [0.15, 0.2) is 30.7 Å². The zero-order valence-electron chi connectivity index (χ0n) is 16.4. The standard InChI is InChI=1S/C21H33FN2O/c1-15-7-12-20(19(22)13-15)24(6)14-17-8-10-18(11-9-17)23-16(2)25-21(3,4)5/h7,12-13,17-18,23H,2,8-11,14H2,1,3-6H3. The minimum absolute atomic E-state index is 0.131. The van der Waals surface area contributed by atoms with Crippen LogP contribution in [0.1, 0.15) is 52.0 Å². The van der Waals surface area contributed by atoms with Crippen molar-refractivity contribution in [1.29, 1.82) is 0 Å². The Bertz CT molecular complexity index is 586. The molecule has 0 amide bonds. The molecule has 0 bridgehead atoms. The Hall–Kier alpha value is -1.71. The molecule has 0 aromatic heterocycles. The number of benzene rings is 1. The summed E-state index contributed by atoms with van der Waals surface area (Å²) >= 11 is 0.